The predicted octanol–water partition coefficient (Wildman–Crippen LogP) is 3.51. The van der Waals surface area contributed by atoms with Crippen LogP contribution in [0.5, 0.6) is 0 Å². The zero-order chi connectivity index (χ0) is 17.4. The monoisotopic (exact) mass is 395 g/mol. The number of hydrogen-bond donors (Lipinski definition) is 1. The van der Waals surface area contributed by atoms with Crippen molar-refractivity contribution >= 4 is 37.9 Å². The third-order valence-corrected chi connectivity index (χ3v) is 5.26. The Labute approximate surface area is 146 Å². The number of aryl methyl sites for hydroxylation is 1. The fraction of sp³-hybridized carbons (Fsp3) is 0.412. The number of halogens is 2. The molecule has 0 saturated heterocycles. The van der Waals surface area contributed by atoms with Gasteiger partial charge in [-0.15, -0.1) is 0 Å². The van der Waals surface area contributed by atoms with Gasteiger partial charge >= 0.3 is 5.69 Å². The quantitative estimate of drug-likeness (QED) is 0.685. The molecule has 1 aromatic carbocycles. The number of benzene rings is 1. The number of aliphatic hydroxyl groups is 1. The van der Waals surface area contributed by atoms with E-state index in [1.165, 1.54) is 6.07 Å². The second-order valence-electron chi connectivity index (χ2n) is 5.93. The Hall–Kier alpha value is -1.73. The first-order chi connectivity index (χ1) is 11.6. The maximum absolute atomic E-state index is 13.8. The third-order valence-electron chi connectivity index (χ3n) is 4.65. The third kappa shape index (κ3) is 2.56. The van der Waals surface area contributed by atoms with Crippen molar-refractivity contribution in [2.24, 2.45) is 7.05 Å². The van der Waals surface area contributed by atoms with Crippen molar-refractivity contribution in [3.8, 4) is 0 Å². The van der Waals surface area contributed by atoms with E-state index in [4.69, 9.17) is 5.11 Å². The lowest BCUT2D eigenvalue weighted by molar-refractivity contribution is 0.399. The van der Waals surface area contributed by atoms with Crippen molar-refractivity contribution in [2.75, 3.05) is 7.11 Å². The molecule has 0 aliphatic heterocycles. The number of pyridine rings is 1. The van der Waals surface area contributed by atoms with Crippen LogP contribution in [-0.4, -0.2) is 26.3 Å². The van der Waals surface area contributed by atoms with Crippen LogP contribution in [0.4, 0.5) is 4.39 Å². The molecule has 5 nitrogen and oxygen atoms in total. The molecule has 128 valence electrons. The van der Waals surface area contributed by atoms with Crippen LogP contribution in [0, 0.1) is 5.82 Å². The molecule has 0 atom stereocenters. The van der Waals surface area contributed by atoms with E-state index in [-0.39, 0.29) is 17.5 Å². The highest BCUT2D eigenvalue weighted by Crippen LogP contribution is 2.34. The molecule has 1 fully saturated rings. The minimum Gasteiger partial charge on any atom is -0.400 e. The molecule has 3 aromatic rings. The van der Waals surface area contributed by atoms with Gasteiger partial charge in [-0.25, -0.2) is 9.18 Å². The Morgan fingerprint density at radius 3 is 2.62 bits per heavy atom. The number of fused-ring (bicyclic) bond motifs is 3. The van der Waals surface area contributed by atoms with E-state index in [0.29, 0.717) is 9.99 Å². The lowest BCUT2D eigenvalue weighted by atomic mass is 10.1. The average Bonchev–Trinajstić information content (AvgIpc) is 3.19. The molecule has 0 spiro atoms. The molecular formula is C17H19BrFN3O2. The molecule has 2 aromatic heterocycles. The topological polar surface area (TPSA) is 60.1 Å². The van der Waals surface area contributed by atoms with Crippen molar-refractivity contribution in [2.45, 2.75) is 31.7 Å². The molecule has 2 heterocycles. The summed E-state index contributed by atoms with van der Waals surface area (Å²) in [6.45, 7) is 0. The molecule has 0 unspecified atom stereocenters. The second kappa shape index (κ2) is 6.64. The zero-order valence-corrected chi connectivity index (χ0v) is 15.2. The van der Waals surface area contributed by atoms with Gasteiger partial charge in [-0.1, -0.05) is 12.8 Å². The van der Waals surface area contributed by atoms with Gasteiger partial charge in [0.05, 0.1) is 27.2 Å². The molecule has 0 radical (unpaired) electrons. The van der Waals surface area contributed by atoms with Crippen molar-refractivity contribution in [3.05, 3.63) is 39.1 Å². The Morgan fingerprint density at radius 2 is 1.96 bits per heavy atom. The Kier molecular flexibility index (Phi) is 4.73. The molecule has 0 amide bonds. The molecule has 1 N–H and O–H groups in total. The summed E-state index contributed by atoms with van der Waals surface area (Å²) in [5.41, 5.74) is 2.22. The van der Waals surface area contributed by atoms with Gasteiger partial charge in [-0.2, -0.15) is 0 Å². The lowest BCUT2D eigenvalue weighted by Crippen LogP contribution is -2.24. The number of hydrogen-bond acceptors (Lipinski definition) is 3. The van der Waals surface area contributed by atoms with Crippen LogP contribution >= 0.6 is 15.9 Å². The highest BCUT2D eigenvalue weighted by molar-refractivity contribution is 9.10. The second-order valence-corrected chi connectivity index (χ2v) is 6.78. The first-order valence-electron chi connectivity index (χ1n) is 7.87. The number of nitrogens with zero attached hydrogens (tertiary/aromatic N) is 3. The molecule has 1 aliphatic carbocycles. The number of aliphatic hydroxyl groups excluding tert-OH is 1. The van der Waals surface area contributed by atoms with E-state index in [1.54, 1.807) is 23.9 Å². The summed E-state index contributed by atoms with van der Waals surface area (Å²) in [6.07, 6.45) is 6.00. The van der Waals surface area contributed by atoms with E-state index in [2.05, 4.69) is 20.9 Å². The van der Waals surface area contributed by atoms with Gasteiger partial charge in [0.1, 0.15) is 5.82 Å². The molecule has 1 saturated carbocycles. The summed E-state index contributed by atoms with van der Waals surface area (Å²) in [7, 11) is 2.77. The van der Waals surface area contributed by atoms with Gasteiger partial charge in [-0.3, -0.25) is 14.1 Å². The Balaban J connectivity index is 0.000000815. The summed E-state index contributed by atoms with van der Waals surface area (Å²) in [5, 5.41) is 7.82. The maximum Gasteiger partial charge on any atom is 0.329 e. The predicted molar refractivity (Wildman–Crippen MR) is 95.8 cm³/mol. The summed E-state index contributed by atoms with van der Waals surface area (Å²) < 4.78 is 17.7. The summed E-state index contributed by atoms with van der Waals surface area (Å²) in [6, 6.07) is 3.37. The SMILES string of the molecule is CO.Cn1c(=O)n(C2CCCC2)c2c3cc(Br)c(F)cc3ncc21. The van der Waals surface area contributed by atoms with Crippen molar-refractivity contribution in [1.82, 2.24) is 14.1 Å². The Bertz CT molecular complexity index is 958. The standard InChI is InChI=1S/C16H15BrFN3O.CH4O/c1-20-14-8-19-13-7-12(18)11(17)6-10(13)15(14)21(16(20)22)9-4-2-3-5-9;1-2/h6-9H,2-5H2,1H3;2H,1H3. The van der Waals surface area contributed by atoms with Crippen LogP contribution in [0.25, 0.3) is 21.9 Å². The van der Waals surface area contributed by atoms with Gasteiger partial charge in [-0.05, 0) is 34.8 Å². The minimum absolute atomic E-state index is 0.0170. The van der Waals surface area contributed by atoms with Crippen LogP contribution < -0.4 is 5.69 Å². The molecule has 1 aliphatic rings. The molecule has 24 heavy (non-hydrogen) atoms. The van der Waals surface area contributed by atoms with Crippen molar-refractivity contribution < 1.29 is 9.50 Å². The number of aromatic nitrogens is 3. The number of imidazole rings is 1. The van der Waals surface area contributed by atoms with Crippen LogP contribution in [0.15, 0.2) is 27.6 Å². The van der Waals surface area contributed by atoms with Crippen LogP contribution in [0.2, 0.25) is 0 Å². The minimum atomic E-state index is -0.343. The van der Waals surface area contributed by atoms with Gasteiger partial charge in [0.15, 0.2) is 0 Å². The molecule has 0 bridgehead atoms. The zero-order valence-electron chi connectivity index (χ0n) is 13.6. The van der Waals surface area contributed by atoms with E-state index < -0.39 is 0 Å². The van der Waals surface area contributed by atoms with Gasteiger partial charge in [0.25, 0.3) is 0 Å². The summed E-state index contributed by atoms with van der Waals surface area (Å²) in [4.78, 5) is 17.0. The Morgan fingerprint density at radius 1 is 1.29 bits per heavy atom. The fourth-order valence-corrected chi connectivity index (χ4v) is 3.87. The van der Waals surface area contributed by atoms with Crippen LogP contribution in [0.3, 0.4) is 0 Å². The summed E-state index contributed by atoms with van der Waals surface area (Å²) in [5.74, 6) is -0.343. The molecule has 7 heteroatoms. The maximum atomic E-state index is 13.8. The smallest absolute Gasteiger partial charge is 0.329 e. The largest absolute Gasteiger partial charge is 0.400 e. The normalized spacial score (nSPS) is 15.0. The van der Waals surface area contributed by atoms with Crippen LogP contribution in [0.1, 0.15) is 31.7 Å². The highest BCUT2D eigenvalue weighted by atomic mass is 79.9. The van der Waals surface area contributed by atoms with Gasteiger partial charge in [0.2, 0.25) is 0 Å². The highest BCUT2D eigenvalue weighted by Gasteiger charge is 2.24. The van der Waals surface area contributed by atoms with Gasteiger partial charge in [0, 0.05) is 31.7 Å². The molecule has 4 rings (SSSR count). The van der Waals surface area contributed by atoms with Gasteiger partial charge < -0.3 is 5.11 Å². The summed E-state index contributed by atoms with van der Waals surface area (Å²) >= 11 is 3.24. The first kappa shape index (κ1) is 17.1. The lowest BCUT2D eigenvalue weighted by Gasteiger charge is -2.12. The van der Waals surface area contributed by atoms with E-state index in [0.717, 1.165) is 49.2 Å². The average molecular weight is 396 g/mol. The van der Waals surface area contributed by atoms with E-state index in [1.807, 2.05) is 4.57 Å². The van der Waals surface area contributed by atoms with E-state index in [9.17, 15) is 9.18 Å². The van der Waals surface area contributed by atoms with E-state index >= 15 is 0 Å². The number of rotatable bonds is 1. The molecular weight excluding hydrogens is 377 g/mol. The fourth-order valence-electron chi connectivity index (χ4n) is 3.52. The first-order valence-corrected chi connectivity index (χ1v) is 8.66. The van der Waals surface area contributed by atoms with Crippen molar-refractivity contribution in [1.29, 1.82) is 0 Å². The van der Waals surface area contributed by atoms with Crippen molar-refractivity contribution in [3.63, 3.8) is 0 Å². The van der Waals surface area contributed by atoms with Crippen LogP contribution in [-0.2, 0) is 7.05 Å².